The Kier molecular flexibility index (Phi) is 5.03. The molecule has 0 aliphatic carbocycles. The Labute approximate surface area is 140 Å². The summed E-state index contributed by atoms with van der Waals surface area (Å²) in [4.78, 5) is 19.4. The molecule has 0 amide bonds. The molecule has 3 aromatic rings. The Morgan fingerprint density at radius 1 is 1.08 bits per heavy atom. The molecule has 1 atom stereocenters. The predicted molar refractivity (Wildman–Crippen MR) is 91.8 cm³/mol. The number of hydrogen-bond donors (Lipinski definition) is 2. The van der Waals surface area contributed by atoms with Gasteiger partial charge in [-0.15, -0.1) is 0 Å². The number of carbonyl (C=O) groups excluding carboxylic acids is 1. The molecule has 5 heteroatoms. The molecule has 0 aliphatic rings. The molecular formula is C19H19N3O2. The second-order valence-electron chi connectivity index (χ2n) is 5.51. The highest BCUT2D eigenvalue weighted by Crippen LogP contribution is 2.19. The standard InChI is InChI=1S/C19H19N3O2/c20-16(11-18(23)24-13-14-7-3-1-4-8-14)19-21-12-17(22-19)15-9-5-2-6-10-15/h1-10,12,16H,11,13,20H2,(H,21,22)/t16-/m1/s1. The number of H-pyrrole nitrogens is 1. The summed E-state index contributed by atoms with van der Waals surface area (Å²) < 4.78 is 5.25. The molecule has 2 aromatic carbocycles. The van der Waals surface area contributed by atoms with Gasteiger partial charge in [-0.25, -0.2) is 4.98 Å². The number of aromatic amines is 1. The maximum absolute atomic E-state index is 11.9. The van der Waals surface area contributed by atoms with Gasteiger partial charge >= 0.3 is 5.97 Å². The zero-order valence-corrected chi connectivity index (χ0v) is 13.2. The van der Waals surface area contributed by atoms with Crippen LogP contribution in [0.1, 0.15) is 23.9 Å². The van der Waals surface area contributed by atoms with Crippen LogP contribution in [0, 0.1) is 0 Å². The van der Waals surface area contributed by atoms with Crippen LogP contribution in [0.15, 0.2) is 66.9 Å². The summed E-state index contributed by atoms with van der Waals surface area (Å²) in [6, 6.07) is 18.9. The molecule has 1 heterocycles. The summed E-state index contributed by atoms with van der Waals surface area (Å²) in [5.41, 5.74) is 8.91. The second kappa shape index (κ2) is 7.57. The van der Waals surface area contributed by atoms with Gasteiger partial charge in [-0.1, -0.05) is 60.7 Å². The summed E-state index contributed by atoms with van der Waals surface area (Å²) in [5.74, 6) is 0.231. The molecule has 5 nitrogen and oxygen atoms in total. The van der Waals surface area contributed by atoms with Crippen molar-refractivity contribution in [2.45, 2.75) is 19.1 Å². The molecule has 3 rings (SSSR count). The van der Waals surface area contributed by atoms with Crippen molar-refractivity contribution in [1.82, 2.24) is 9.97 Å². The van der Waals surface area contributed by atoms with Crippen LogP contribution in [0.3, 0.4) is 0 Å². The van der Waals surface area contributed by atoms with Crippen LogP contribution >= 0.6 is 0 Å². The lowest BCUT2D eigenvalue weighted by atomic mass is 10.2. The quantitative estimate of drug-likeness (QED) is 0.683. The molecule has 0 saturated heterocycles. The molecule has 0 fully saturated rings. The Morgan fingerprint density at radius 2 is 1.75 bits per heavy atom. The molecule has 0 unspecified atom stereocenters. The lowest BCUT2D eigenvalue weighted by Gasteiger charge is -2.09. The molecule has 122 valence electrons. The van der Waals surface area contributed by atoms with Gasteiger partial charge < -0.3 is 15.5 Å². The van der Waals surface area contributed by atoms with E-state index in [0.717, 1.165) is 16.8 Å². The van der Waals surface area contributed by atoms with Crippen LogP contribution in [0.4, 0.5) is 0 Å². The van der Waals surface area contributed by atoms with Crippen LogP contribution in [0.5, 0.6) is 0 Å². The van der Waals surface area contributed by atoms with E-state index < -0.39 is 6.04 Å². The minimum Gasteiger partial charge on any atom is -0.461 e. The first-order valence-corrected chi connectivity index (χ1v) is 7.78. The third-order valence-electron chi connectivity index (χ3n) is 3.66. The number of benzene rings is 2. The molecule has 24 heavy (non-hydrogen) atoms. The average Bonchev–Trinajstić information content (AvgIpc) is 3.12. The van der Waals surface area contributed by atoms with E-state index in [1.165, 1.54) is 0 Å². The van der Waals surface area contributed by atoms with Gasteiger partial charge in [-0.3, -0.25) is 4.79 Å². The number of hydrogen-bond acceptors (Lipinski definition) is 4. The zero-order chi connectivity index (χ0) is 16.8. The largest absolute Gasteiger partial charge is 0.461 e. The first-order valence-electron chi connectivity index (χ1n) is 7.78. The minimum absolute atomic E-state index is 0.0780. The number of nitrogens with zero attached hydrogens (tertiary/aromatic N) is 1. The first-order chi connectivity index (χ1) is 11.7. The van der Waals surface area contributed by atoms with Gasteiger partial charge in [0.15, 0.2) is 0 Å². The number of nitrogens with two attached hydrogens (primary N) is 1. The minimum atomic E-state index is -0.522. The van der Waals surface area contributed by atoms with Crippen molar-refractivity contribution in [3.63, 3.8) is 0 Å². The van der Waals surface area contributed by atoms with Crippen molar-refractivity contribution in [2.75, 3.05) is 0 Å². The van der Waals surface area contributed by atoms with Gasteiger partial charge in [0.05, 0.1) is 24.4 Å². The molecule has 0 radical (unpaired) electrons. The lowest BCUT2D eigenvalue weighted by Crippen LogP contribution is -2.18. The number of carbonyl (C=O) groups is 1. The van der Waals surface area contributed by atoms with E-state index in [0.29, 0.717) is 5.82 Å². The Bertz CT molecular complexity index is 785. The van der Waals surface area contributed by atoms with Crippen molar-refractivity contribution in [3.05, 3.63) is 78.2 Å². The molecular weight excluding hydrogens is 302 g/mol. The fourth-order valence-electron chi connectivity index (χ4n) is 2.36. The van der Waals surface area contributed by atoms with E-state index >= 15 is 0 Å². The number of aromatic nitrogens is 2. The highest BCUT2D eigenvalue weighted by Gasteiger charge is 2.16. The monoisotopic (exact) mass is 321 g/mol. The van der Waals surface area contributed by atoms with E-state index in [4.69, 9.17) is 10.5 Å². The van der Waals surface area contributed by atoms with E-state index in [9.17, 15) is 4.79 Å². The molecule has 1 aromatic heterocycles. The van der Waals surface area contributed by atoms with Crippen LogP contribution < -0.4 is 5.73 Å². The second-order valence-corrected chi connectivity index (χ2v) is 5.51. The van der Waals surface area contributed by atoms with Crippen molar-refractivity contribution < 1.29 is 9.53 Å². The number of imidazole rings is 1. The van der Waals surface area contributed by atoms with Crippen LogP contribution in [-0.2, 0) is 16.1 Å². The van der Waals surface area contributed by atoms with E-state index in [2.05, 4.69) is 9.97 Å². The first kappa shape index (κ1) is 16.0. The Hall–Kier alpha value is -2.92. The van der Waals surface area contributed by atoms with Crippen LogP contribution in [0.25, 0.3) is 11.3 Å². The zero-order valence-electron chi connectivity index (χ0n) is 13.2. The van der Waals surface area contributed by atoms with E-state index in [1.807, 2.05) is 60.7 Å². The molecule has 3 N–H and O–H groups in total. The van der Waals surface area contributed by atoms with Crippen molar-refractivity contribution in [2.24, 2.45) is 5.73 Å². The van der Waals surface area contributed by atoms with Gasteiger partial charge in [0.1, 0.15) is 12.4 Å². The van der Waals surface area contributed by atoms with Gasteiger partial charge in [0, 0.05) is 0 Å². The fourth-order valence-corrected chi connectivity index (χ4v) is 2.36. The summed E-state index contributed by atoms with van der Waals surface area (Å²) in [6.45, 7) is 0.250. The number of esters is 1. The van der Waals surface area contributed by atoms with Gasteiger partial charge in [0.25, 0.3) is 0 Å². The predicted octanol–water partition coefficient (Wildman–Crippen LogP) is 3.21. The normalized spacial score (nSPS) is 11.9. The molecule has 0 aliphatic heterocycles. The van der Waals surface area contributed by atoms with E-state index in [1.54, 1.807) is 6.20 Å². The Morgan fingerprint density at radius 3 is 2.46 bits per heavy atom. The van der Waals surface area contributed by atoms with Crippen molar-refractivity contribution in [3.8, 4) is 11.3 Å². The summed E-state index contributed by atoms with van der Waals surface area (Å²) >= 11 is 0. The van der Waals surface area contributed by atoms with Crippen molar-refractivity contribution in [1.29, 1.82) is 0 Å². The topological polar surface area (TPSA) is 81.0 Å². The van der Waals surface area contributed by atoms with Crippen LogP contribution in [0.2, 0.25) is 0 Å². The lowest BCUT2D eigenvalue weighted by molar-refractivity contribution is -0.145. The number of rotatable bonds is 6. The maximum Gasteiger partial charge on any atom is 0.308 e. The summed E-state index contributed by atoms with van der Waals surface area (Å²) in [5, 5.41) is 0. The average molecular weight is 321 g/mol. The number of nitrogens with one attached hydrogen (secondary N) is 1. The van der Waals surface area contributed by atoms with Gasteiger partial charge in [0.2, 0.25) is 0 Å². The third-order valence-corrected chi connectivity index (χ3v) is 3.66. The molecule has 0 spiro atoms. The third kappa shape index (κ3) is 4.08. The summed E-state index contributed by atoms with van der Waals surface area (Å²) in [6.07, 6.45) is 1.80. The summed E-state index contributed by atoms with van der Waals surface area (Å²) in [7, 11) is 0. The Balaban J connectivity index is 1.56. The maximum atomic E-state index is 11.9. The highest BCUT2D eigenvalue weighted by atomic mass is 16.5. The van der Waals surface area contributed by atoms with Gasteiger partial charge in [-0.2, -0.15) is 0 Å². The SMILES string of the molecule is N[C@H](CC(=O)OCc1ccccc1)c1ncc(-c2ccccc2)[nH]1. The van der Waals surface area contributed by atoms with Crippen LogP contribution in [-0.4, -0.2) is 15.9 Å². The van der Waals surface area contributed by atoms with Gasteiger partial charge in [-0.05, 0) is 11.1 Å². The van der Waals surface area contributed by atoms with E-state index in [-0.39, 0.29) is 19.0 Å². The highest BCUT2D eigenvalue weighted by molar-refractivity contribution is 5.70. The van der Waals surface area contributed by atoms with Crippen molar-refractivity contribution >= 4 is 5.97 Å². The fraction of sp³-hybridized carbons (Fsp3) is 0.158. The smallest absolute Gasteiger partial charge is 0.308 e. The molecule has 0 saturated carbocycles. The number of ether oxygens (including phenoxy) is 1. The molecule has 0 bridgehead atoms.